The molecule has 0 radical (unpaired) electrons. The molecule has 196 valence electrons. The minimum atomic E-state index is -1.77. The molecule has 12 heteroatoms. The maximum Gasteiger partial charge on any atom is 0.364 e. The molecule has 4 heterocycles. The number of aryl methyl sites for hydroxylation is 2. The van der Waals surface area contributed by atoms with Crippen LogP contribution in [0, 0.1) is 0 Å². The lowest BCUT2D eigenvalue weighted by Gasteiger charge is -2.35. The Labute approximate surface area is 216 Å². The molecule has 1 aliphatic heterocycles. The van der Waals surface area contributed by atoms with Crippen molar-refractivity contribution < 1.29 is 19.1 Å². The summed E-state index contributed by atoms with van der Waals surface area (Å²) < 4.78 is 15.4. The van der Waals surface area contributed by atoms with E-state index >= 15 is 0 Å². The van der Waals surface area contributed by atoms with Crippen LogP contribution >= 0.6 is 11.3 Å². The second kappa shape index (κ2) is 11.2. The number of anilines is 1. The first-order valence-electron chi connectivity index (χ1n) is 12.0. The Bertz CT molecular complexity index is 1410. The number of aromatic nitrogens is 3. The average Bonchev–Trinajstić information content (AvgIpc) is 3.38. The fraction of sp³-hybridized carbons (Fsp3) is 0.400. The summed E-state index contributed by atoms with van der Waals surface area (Å²) in [5.41, 5.74) is 7.11. The van der Waals surface area contributed by atoms with E-state index in [0.717, 1.165) is 22.7 Å². The molecule has 0 atom stereocenters. The van der Waals surface area contributed by atoms with Crippen LogP contribution in [-0.2, 0) is 22.4 Å². The van der Waals surface area contributed by atoms with Crippen LogP contribution in [0.3, 0.4) is 0 Å². The van der Waals surface area contributed by atoms with E-state index in [9.17, 15) is 18.8 Å². The lowest BCUT2D eigenvalue weighted by molar-refractivity contribution is -0.134. The molecule has 3 aromatic heterocycles. The third-order valence-electron chi connectivity index (χ3n) is 6.28. The van der Waals surface area contributed by atoms with Gasteiger partial charge in [0.2, 0.25) is 11.7 Å². The van der Waals surface area contributed by atoms with Crippen LogP contribution in [0.2, 0.25) is 0 Å². The Morgan fingerprint density at radius 2 is 1.95 bits per heavy atom. The number of piperazine rings is 1. The molecule has 37 heavy (non-hydrogen) atoms. The fourth-order valence-electron chi connectivity index (χ4n) is 4.15. The molecule has 1 fully saturated rings. The maximum absolute atomic E-state index is 14.1. The molecule has 1 amide bonds. The van der Waals surface area contributed by atoms with Gasteiger partial charge in [-0.05, 0) is 36.1 Å². The van der Waals surface area contributed by atoms with Crippen LogP contribution in [0.5, 0.6) is 0 Å². The van der Waals surface area contributed by atoms with E-state index in [4.69, 9.17) is 10.8 Å². The van der Waals surface area contributed by atoms with Crippen molar-refractivity contribution in [2.45, 2.75) is 32.6 Å². The normalized spacial score (nSPS) is 14.6. The highest BCUT2D eigenvalue weighted by Gasteiger charge is 2.25. The second-order valence-electron chi connectivity index (χ2n) is 9.11. The van der Waals surface area contributed by atoms with Gasteiger partial charge in [-0.1, -0.05) is 13.8 Å². The number of carbonyl (C=O) groups is 2. The van der Waals surface area contributed by atoms with Crippen molar-refractivity contribution >= 4 is 40.8 Å². The molecule has 0 aliphatic carbocycles. The summed E-state index contributed by atoms with van der Waals surface area (Å²) in [6.45, 7) is 5.49. The highest BCUT2D eigenvalue weighted by atomic mass is 32.1. The summed E-state index contributed by atoms with van der Waals surface area (Å²) in [7, 11) is 0. The molecule has 0 unspecified atom stereocenters. The van der Waals surface area contributed by atoms with Gasteiger partial charge in [0, 0.05) is 44.2 Å². The first kappa shape index (κ1) is 26.4. The van der Waals surface area contributed by atoms with Crippen molar-refractivity contribution in [3.63, 3.8) is 0 Å². The lowest BCUT2D eigenvalue weighted by atomic mass is 10.1. The zero-order valence-electron chi connectivity index (χ0n) is 20.7. The van der Waals surface area contributed by atoms with Crippen LogP contribution in [0.25, 0.3) is 11.7 Å². The topological polar surface area (TPSA) is 134 Å². The molecule has 0 saturated carbocycles. The third kappa shape index (κ3) is 5.86. The SMILES string of the molecule is CC(C)c1csc(CCc2ccn3c(=O)c(/C=C(/F)C(=O)O)c(N4CCN(C(=O)CN)CC4)nc3c2)n1. The average molecular weight is 529 g/mol. The van der Waals surface area contributed by atoms with Crippen molar-refractivity contribution in [2.24, 2.45) is 5.73 Å². The first-order valence-corrected chi connectivity index (χ1v) is 12.9. The summed E-state index contributed by atoms with van der Waals surface area (Å²) >= 11 is 1.62. The van der Waals surface area contributed by atoms with Gasteiger partial charge in [0.25, 0.3) is 5.56 Å². The molecule has 4 rings (SSSR count). The minimum absolute atomic E-state index is 0.101. The largest absolute Gasteiger partial charge is 0.476 e. The van der Waals surface area contributed by atoms with Gasteiger partial charge in [-0.3, -0.25) is 14.0 Å². The van der Waals surface area contributed by atoms with E-state index in [-0.39, 0.29) is 23.8 Å². The number of nitrogens with two attached hydrogens (primary N) is 1. The Hall–Kier alpha value is -3.64. The highest BCUT2D eigenvalue weighted by Crippen LogP contribution is 2.23. The van der Waals surface area contributed by atoms with Crippen LogP contribution in [0.15, 0.2) is 34.3 Å². The van der Waals surface area contributed by atoms with Gasteiger partial charge in [-0.15, -0.1) is 11.3 Å². The Morgan fingerprint density at radius 3 is 2.57 bits per heavy atom. The first-order chi connectivity index (χ1) is 17.7. The van der Waals surface area contributed by atoms with Crippen molar-refractivity contribution in [3.05, 3.63) is 61.7 Å². The minimum Gasteiger partial charge on any atom is -0.476 e. The molecule has 0 spiro atoms. The Kier molecular flexibility index (Phi) is 7.98. The molecule has 0 aromatic carbocycles. The van der Waals surface area contributed by atoms with Crippen molar-refractivity contribution in [2.75, 3.05) is 37.6 Å². The molecule has 3 N–H and O–H groups in total. The molecule has 0 bridgehead atoms. The number of nitrogens with zero attached hydrogens (tertiary/aromatic N) is 5. The number of amides is 1. The molecule has 3 aromatic rings. The second-order valence-corrected chi connectivity index (χ2v) is 10.1. The number of halogens is 1. The number of thiazole rings is 1. The predicted molar refractivity (Wildman–Crippen MR) is 140 cm³/mol. The molecule has 1 saturated heterocycles. The van der Waals surface area contributed by atoms with E-state index in [1.807, 2.05) is 0 Å². The van der Waals surface area contributed by atoms with E-state index in [1.165, 1.54) is 4.40 Å². The van der Waals surface area contributed by atoms with Crippen molar-refractivity contribution in [1.82, 2.24) is 19.3 Å². The van der Waals surface area contributed by atoms with E-state index in [1.54, 1.807) is 39.5 Å². The highest BCUT2D eigenvalue weighted by molar-refractivity contribution is 7.09. The molecule has 1 aliphatic rings. The quantitative estimate of drug-likeness (QED) is 0.425. The van der Waals surface area contributed by atoms with Crippen molar-refractivity contribution in [1.29, 1.82) is 0 Å². The van der Waals surface area contributed by atoms with E-state index in [0.29, 0.717) is 50.2 Å². The standard InChI is InChI=1S/C25H29FN6O4S/c1-15(2)19-14-37-21(28-19)4-3-16-5-6-32-20(11-16)29-23(17(24(32)34)12-18(26)25(35)36)31-9-7-30(8-10-31)22(33)13-27/h5-6,11-12,14-15H,3-4,7-10,13,27H2,1-2H3,(H,35,36)/b18-12+. The summed E-state index contributed by atoms with van der Waals surface area (Å²) in [6.07, 6.45) is 3.72. The summed E-state index contributed by atoms with van der Waals surface area (Å²) in [5, 5.41) is 12.1. The summed E-state index contributed by atoms with van der Waals surface area (Å²) in [5.74, 6) is -2.87. The molecular formula is C25H29FN6O4S. The number of carbonyl (C=O) groups excluding carboxylic acids is 1. The number of pyridine rings is 1. The maximum atomic E-state index is 14.1. The van der Waals surface area contributed by atoms with Crippen LogP contribution in [-0.4, -0.2) is 69.0 Å². The summed E-state index contributed by atoms with van der Waals surface area (Å²) in [4.78, 5) is 49.1. The van der Waals surface area contributed by atoms with Gasteiger partial charge in [0.15, 0.2) is 0 Å². The van der Waals surface area contributed by atoms with Gasteiger partial charge >= 0.3 is 5.97 Å². The number of hydrogen-bond acceptors (Lipinski definition) is 8. The molecule has 10 nitrogen and oxygen atoms in total. The Morgan fingerprint density at radius 1 is 1.22 bits per heavy atom. The van der Waals surface area contributed by atoms with Crippen molar-refractivity contribution in [3.8, 4) is 0 Å². The number of rotatable bonds is 8. The van der Waals surface area contributed by atoms with Gasteiger partial charge in [0.1, 0.15) is 11.5 Å². The Balaban J connectivity index is 1.68. The number of carboxylic acid groups (broad SMARTS) is 1. The van der Waals surface area contributed by atoms with E-state index in [2.05, 4.69) is 29.2 Å². The number of carboxylic acids is 1. The monoisotopic (exact) mass is 528 g/mol. The molecular weight excluding hydrogens is 499 g/mol. The number of aliphatic carboxylic acids is 1. The number of hydrogen-bond donors (Lipinski definition) is 2. The zero-order valence-corrected chi connectivity index (χ0v) is 21.5. The van der Waals surface area contributed by atoms with Gasteiger partial charge in [0.05, 0.1) is 22.8 Å². The smallest absolute Gasteiger partial charge is 0.364 e. The van der Waals surface area contributed by atoms with E-state index < -0.39 is 17.4 Å². The number of fused-ring (bicyclic) bond motifs is 1. The third-order valence-corrected chi connectivity index (χ3v) is 7.21. The lowest BCUT2D eigenvalue weighted by Crippen LogP contribution is -2.51. The van der Waals surface area contributed by atoms with Gasteiger partial charge in [-0.25, -0.2) is 14.8 Å². The zero-order chi connectivity index (χ0) is 26.7. The van der Waals surface area contributed by atoms with Crippen LogP contribution < -0.4 is 16.2 Å². The van der Waals surface area contributed by atoms with Gasteiger partial charge in [-0.2, -0.15) is 4.39 Å². The summed E-state index contributed by atoms with van der Waals surface area (Å²) in [6, 6.07) is 3.60. The van der Waals surface area contributed by atoms with Gasteiger partial charge < -0.3 is 20.6 Å². The predicted octanol–water partition coefficient (Wildman–Crippen LogP) is 2.06. The fourth-order valence-corrected chi connectivity index (χ4v) is 5.11. The van der Waals surface area contributed by atoms with Crippen LogP contribution in [0.4, 0.5) is 10.2 Å². The van der Waals surface area contributed by atoms with Crippen LogP contribution in [0.1, 0.15) is 41.6 Å².